The van der Waals surface area contributed by atoms with Gasteiger partial charge in [0, 0.05) is 28.4 Å². The van der Waals surface area contributed by atoms with Crippen LogP contribution in [0.1, 0.15) is 16.1 Å². The molecule has 9 nitrogen and oxygen atoms in total. The Morgan fingerprint density at radius 1 is 1.12 bits per heavy atom. The van der Waals surface area contributed by atoms with E-state index in [-0.39, 0.29) is 17.2 Å². The fourth-order valence-electron chi connectivity index (χ4n) is 3.81. The van der Waals surface area contributed by atoms with Crippen LogP contribution in [0.2, 0.25) is 0 Å². The minimum atomic E-state index is -0.822. The predicted molar refractivity (Wildman–Crippen MR) is 128 cm³/mol. The predicted octanol–water partition coefficient (Wildman–Crippen LogP) is 3.95. The molecule has 5 rings (SSSR count). The molecular weight excluding hydrogens is 435 g/mol. The first kappa shape index (κ1) is 21.0. The molecule has 0 fully saturated rings. The first-order valence-corrected chi connectivity index (χ1v) is 10.3. The van der Waals surface area contributed by atoms with Crippen LogP contribution in [0.5, 0.6) is 0 Å². The largest absolute Gasteiger partial charge is 0.395 e. The van der Waals surface area contributed by atoms with Crippen LogP contribution < -0.4 is 16.8 Å². The van der Waals surface area contributed by atoms with Crippen LogP contribution in [0.15, 0.2) is 61.1 Å². The lowest BCUT2D eigenvalue weighted by Crippen LogP contribution is -2.18. The number of hydrogen-bond acceptors (Lipinski definition) is 7. The number of aryl methyl sites for hydroxylation is 1. The first-order valence-electron chi connectivity index (χ1n) is 10.3. The van der Waals surface area contributed by atoms with Crippen LogP contribution in [0.25, 0.3) is 33.5 Å². The Bertz CT molecular complexity index is 1550. The van der Waals surface area contributed by atoms with Crippen molar-refractivity contribution in [1.82, 2.24) is 25.1 Å². The lowest BCUT2D eigenvalue weighted by molar-refractivity contribution is 0.0996. The smallest absolute Gasteiger partial charge is 0.269 e. The number of halogens is 1. The quantitative estimate of drug-likeness (QED) is 0.314. The van der Waals surface area contributed by atoms with E-state index in [1.807, 2.05) is 25.1 Å². The lowest BCUT2D eigenvalue weighted by Gasteiger charge is -2.16. The summed E-state index contributed by atoms with van der Waals surface area (Å²) in [6.45, 7) is 1.89. The van der Waals surface area contributed by atoms with Gasteiger partial charge in [-0.05, 0) is 48.9 Å². The van der Waals surface area contributed by atoms with E-state index < -0.39 is 11.7 Å². The Hall–Kier alpha value is -4.86. The van der Waals surface area contributed by atoms with Crippen molar-refractivity contribution >= 4 is 33.9 Å². The summed E-state index contributed by atoms with van der Waals surface area (Å²) in [6, 6.07) is 11.5. The summed E-state index contributed by atoms with van der Waals surface area (Å²) in [5, 5.41) is 11.0. The summed E-state index contributed by atoms with van der Waals surface area (Å²) in [6.07, 6.45) is 4.92. The second-order valence-corrected chi connectivity index (χ2v) is 7.67. The van der Waals surface area contributed by atoms with Crippen LogP contribution in [-0.4, -0.2) is 31.1 Å². The number of benzene rings is 2. The number of nitrogen functional groups attached to an aromatic ring is 1. The number of anilines is 3. The van der Waals surface area contributed by atoms with Crippen molar-refractivity contribution in [1.29, 1.82) is 0 Å². The average Bonchev–Trinajstić information content (AvgIpc) is 3.30. The van der Waals surface area contributed by atoms with Crippen molar-refractivity contribution < 1.29 is 9.18 Å². The van der Waals surface area contributed by atoms with E-state index in [4.69, 9.17) is 11.5 Å². The van der Waals surface area contributed by atoms with Crippen molar-refractivity contribution in [3.05, 3.63) is 78.1 Å². The number of nitrogens with one attached hydrogen (secondary N) is 2. The molecule has 0 aliphatic rings. The second kappa shape index (κ2) is 8.24. The second-order valence-electron chi connectivity index (χ2n) is 7.67. The zero-order valence-electron chi connectivity index (χ0n) is 18.0. The maximum Gasteiger partial charge on any atom is 0.269 e. The number of aromatic nitrogens is 5. The molecule has 2 aromatic carbocycles. The highest BCUT2D eigenvalue weighted by molar-refractivity contribution is 6.04. The minimum Gasteiger partial charge on any atom is -0.395 e. The average molecular weight is 454 g/mol. The number of rotatable bonds is 5. The highest BCUT2D eigenvalue weighted by Crippen LogP contribution is 2.37. The van der Waals surface area contributed by atoms with E-state index in [1.54, 1.807) is 30.7 Å². The molecule has 0 aliphatic carbocycles. The zero-order valence-corrected chi connectivity index (χ0v) is 18.0. The van der Waals surface area contributed by atoms with Gasteiger partial charge in [0.2, 0.25) is 0 Å². The van der Waals surface area contributed by atoms with Crippen LogP contribution in [-0.2, 0) is 0 Å². The number of primary amides is 1. The van der Waals surface area contributed by atoms with Gasteiger partial charge in [0.05, 0.1) is 35.0 Å². The summed E-state index contributed by atoms with van der Waals surface area (Å²) < 4.78 is 14.3. The summed E-state index contributed by atoms with van der Waals surface area (Å²) in [5.41, 5.74) is 15.9. The van der Waals surface area contributed by atoms with E-state index in [0.29, 0.717) is 28.2 Å². The molecule has 0 unspecified atom stereocenters. The Balaban J connectivity index is 1.77. The highest BCUT2D eigenvalue weighted by Gasteiger charge is 2.22. The fraction of sp³-hybridized carbons (Fsp3) is 0.0417. The van der Waals surface area contributed by atoms with Gasteiger partial charge in [-0.2, -0.15) is 5.10 Å². The number of pyridine rings is 1. The molecular formula is C24H19FN8O. The Labute approximate surface area is 193 Å². The molecule has 0 saturated carbocycles. The number of carbonyl (C=O) groups excluding carboxylic acids is 1. The summed E-state index contributed by atoms with van der Waals surface area (Å²) in [4.78, 5) is 25.3. The van der Waals surface area contributed by atoms with E-state index in [0.717, 1.165) is 16.5 Å². The Morgan fingerprint density at radius 3 is 2.74 bits per heavy atom. The summed E-state index contributed by atoms with van der Waals surface area (Å²) in [5.74, 6) is -1.23. The standard InChI is InChI=1S/C24H19FN8O/c1-12-4-6-18-16(11-29-33-18)19(12)21-20(26)22(23(27)34)32-24(31-21)15-9-13(25)5-7-17(15)30-14-3-2-8-28-10-14/h2-11,30H,26H2,1H3,(H2,27,34)(H,29,33). The third-order valence-corrected chi connectivity index (χ3v) is 5.41. The molecule has 3 heterocycles. The van der Waals surface area contributed by atoms with E-state index >= 15 is 0 Å². The number of amides is 1. The van der Waals surface area contributed by atoms with E-state index in [9.17, 15) is 9.18 Å². The molecule has 0 bridgehead atoms. The van der Waals surface area contributed by atoms with Crippen LogP contribution in [0.4, 0.5) is 21.5 Å². The van der Waals surface area contributed by atoms with Crippen molar-refractivity contribution in [2.75, 3.05) is 11.1 Å². The molecule has 168 valence electrons. The number of fused-ring (bicyclic) bond motifs is 1. The fourth-order valence-corrected chi connectivity index (χ4v) is 3.81. The number of carbonyl (C=O) groups is 1. The van der Waals surface area contributed by atoms with Gasteiger partial charge in [0.15, 0.2) is 11.5 Å². The molecule has 0 spiro atoms. The minimum absolute atomic E-state index is 0.0335. The maximum absolute atomic E-state index is 14.3. The Morgan fingerprint density at radius 2 is 1.97 bits per heavy atom. The van der Waals surface area contributed by atoms with Gasteiger partial charge in [-0.3, -0.25) is 14.9 Å². The van der Waals surface area contributed by atoms with E-state index in [1.165, 1.54) is 12.1 Å². The monoisotopic (exact) mass is 454 g/mol. The summed E-state index contributed by atoms with van der Waals surface area (Å²) >= 11 is 0. The molecule has 10 heteroatoms. The molecule has 3 aromatic heterocycles. The van der Waals surface area contributed by atoms with Gasteiger partial charge < -0.3 is 16.8 Å². The van der Waals surface area contributed by atoms with Crippen molar-refractivity contribution in [2.24, 2.45) is 5.73 Å². The van der Waals surface area contributed by atoms with Crippen LogP contribution in [0, 0.1) is 12.7 Å². The number of H-pyrrole nitrogens is 1. The lowest BCUT2D eigenvalue weighted by atomic mass is 9.99. The molecule has 0 atom stereocenters. The summed E-state index contributed by atoms with van der Waals surface area (Å²) in [7, 11) is 0. The van der Waals surface area contributed by atoms with Gasteiger partial charge in [-0.15, -0.1) is 0 Å². The van der Waals surface area contributed by atoms with E-state index in [2.05, 4.69) is 30.5 Å². The number of nitrogens with zero attached hydrogens (tertiary/aromatic N) is 4. The molecule has 0 saturated heterocycles. The molecule has 5 aromatic rings. The number of aromatic amines is 1. The topological polar surface area (TPSA) is 148 Å². The van der Waals surface area contributed by atoms with Crippen molar-refractivity contribution in [3.63, 3.8) is 0 Å². The molecule has 0 aliphatic heterocycles. The molecule has 0 radical (unpaired) electrons. The van der Waals surface area contributed by atoms with Gasteiger partial charge in [0.1, 0.15) is 5.82 Å². The SMILES string of the molecule is Cc1ccc2[nH]ncc2c1-c1nc(-c2cc(F)ccc2Nc2cccnc2)nc(C(N)=O)c1N. The van der Waals surface area contributed by atoms with Gasteiger partial charge in [0.25, 0.3) is 5.91 Å². The number of hydrogen-bond donors (Lipinski definition) is 4. The van der Waals surface area contributed by atoms with Crippen LogP contribution >= 0.6 is 0 Å². The molecule has 6 N–H and O–H groups in total. The van der Waals surface area contributed by atoms with Gasteiger partial charge in [-0.1, -0.05) is 6.07 Å². The maximum atomic E-state index is 14.3. The first-order chi connectivity index (χ1) is 16.4. The third kappa shape index (κ3) is 3.66. The third-order valence-electron chi connectivity index (χ3n) is 5.41. The van der Waals surface area contributed by atoms with Crippen molar-refractivity contribution in [3.8, 4) is 22.6 Å². The van der Waals surface area contributed by atoms with Crippen LogP contribution in [0.3, 0.4) is 0 Å². The van der Waals surface area contributed by atoms with Gasteiger partial charge >= 0.3 is 0 Å². The zero-order chi connectivity index (χ0) is 23.8. The van der Waals surface area contributed by atoms with Gasteiger partial charge in [-0.25, -0.2) is 14.4 Å². The molecule has 1 amide bonds. The Kier molecular flexibility index (Phi) is 5.09. The number of nitrogens with two attached hydrogens (primary N) is 2. The normalized spacial score (nSPS) is 11.0. The highest BCUT2D eigenvalue weighted by atomic mass is 19.1. The molecule has 34 heavy (non-hydrogen) atoms. The van der Waals surface area contributed by atoms with Crippen molar-refractivity contribution in [2.45, 2.75) is 6.92 Å².